The Morgan fingerprint density at radius 3 is 2.73 bits per heavy atom. The van der Waals surface area contributed by atoms with Crippen molar-refractivity contribution in [1.82, 2.24) is 24.5 Å². The maximum absolute atomic E-state index is 4.62. The summed E-state index contributed by atoms with van der Waals surface area (Å²) in [6, 6.07) is 2.20. The van der Waals surface area contributed by atoms with Crippen LogP contribution in [-0.4, -0.2) is 57.7 Å². The number of anilines is 1. The van der Waals surface area contributed by atoms with Gasteiger partial charge in [0.25, 0.3) is 5.78 Å². The molecule has 22 heavy (non-hydrogen) atoms. The van der Waals surface area contributed by atoms with Crippen molar-refractivity contribution < 1.29 is 0 Å². The molecule has 0 saturated carbocycles. The van der Waals surface area contributed by atoms with E-state index in [0.717, 1.165) is 24.6 Å². The molecule has 118 valence electrons. The zero-order chi connectivity index (χ0) is 15.3. The number of aromatic nitrogens is 4. The van der Waals surface area contributed by atoms with Crippen molar-refractivity contribution in [2.45, 2.75) is 32.6 Å². The fraction of sp³-hybridized carbons (Fsp3) is 0.688. The lowest BCUT2D eigenvalue weighted by Gasteiger charge is -2.25. The molecule has 6 nitrogen and oxygen atoms in total. The van der Waals surface area contributed by atoms with E-state index in [1.807, 2.05) is 4.52 Å². The zero-order valence-electron chi connectivity index (χ0n) is 13.7. The van der Waals surface area contributed by atoms with Gasteiger partial charge in [-0.05, 0) is 32.4 Å². The molecule has 2 aromatic heterocycles. The highest BCUT2D eigenvalue weighted by molar-refractivity contribution is 5.49. The third-order valence-corrected chi connectivity index (χ3v) is 5.24. The van der Waals surface area contributed by atoms with Crippen molar-refractivity contribution in [3.8, 4) is 0 Å². The molecule has 2 aliphatic heterocycles. The van der Waals surface area contributed by atoms with Gasteiger partial charge in [0.2, 0.25) is 0 Å². The molecule has 2 saturated heterocycles. The third kappa shape index (κ3) is 2.17. The zero-order valence-corrected chi connectivity index (χ0v) is 13.7. The van der Waals surface area contributed by atoms with Crippen LogP contribution < -0.4 is 4.90 Å². The summed E-state index contributed by atoms with van der Waals surface area (Å²) in [5, 5.41) is 4.38. The summed E-state index contributed by atoms with van der Waals surface area (Å²) in [6.07, 6.45) is 4.18. The summed E-state index contributed by atoms with van der Waals surface area (Å²) in [5.74, 6) is 2.26. The first-order valence-corrected chi connectivity index (χ1v) is 8.21. The Hall–Kier alpha value is -1.69. The summed E-state index contributed by atoms with van der Waals surface area (Å²) in [7, 11) is 2.23. The van der Waals surface area contributed by atoms with Crippen LogP contribution in [0.15, 0.2) is 12.4 Å². The summed E-state index contributed by atoms with van der Waals surface area (Å²) in [6.45, 7) is 9.01. The highest BCUT2D eigenvalue weighted by atomic mass is 15.4. The first-order chi connectivity index (χ1) is 10.6. The second-order valence-corrected chi connectivity index (χ2v) is 7.33. The van der Waals surface area contributed by atoms with Crippen LogP contribution in [0.1, 0.15) is 38.3 Å². The van der Waals surface area contributed by atoms with E-state index in [1.165, 1.54) is 25.9 Å². The second kappa shape index (κ2) is 4.91. The predicted octanol–water partition coefficient (Wildman–Crippen LogP) is 1.78. The van der Waals surface area contributed by atoms with Gasteiger partial charge in [0.05, 0.1) is 5.69 Å². The van der Waals surface area contributed by atoms with Gasteiger partial charge >= 0.3 is 0 Å². The Morgan fingerprint density at radius 2 is 2.00 bits per heavy atom. The van der Waals surface area contributed by atoms with Gasteiger partial charge in [0.15, 0.2) is 0 Å². The number of nitrogens with zero attached hydrogens (tertiary/aromatic N) is 6. The Balaban J connectivity index is 1.70. The largest absolute Gasteiger partial charge is 0.356 e. The van der Waals surface area contributed by atoms with Crippen LogP contribution in [0.2, 0.25) is 0 Å². The number of hydrogen-bond donors (Lipinski definition) is 0. The average Bonchev–Trinajstić information content (AvgIpc) is 3.19. The molecule has 0 bridgehead atoms. The van der Waals surface area contributed by atoms with Crippen LogP contribution in [0.5, 0.6) is 0 Å². The van der Waals surface area contributed by atoms with E-state index in [2.05, 4.69) is 51.8 Å². The normalized spacial score (nSPS) is 26.1. The van der Waals surface area contributed by atoms with Crippen molar-refractivity contribution in [3.63, 3.8) is 0 Å². The minimum absolute atomic E-state index is 0.398. The van der Waals surface area contributed by atoms with E-state index in [9.17, 15) is 0 Å². The minimum Gasteiger partial charge on any atom is -0.356 e. The maximum atomic E-state index is 4.62. The lowest BCUT2D eigenvalue weighted by molar-refractivity contribution is 0.312. The van der Waals surface area contributed by atoms with E-state index in [0.29, 0.717) is 17.1 Å². The summed E-state index contributed by atoms with van der Waals surface area (Å²) in [5.41, 5.74) is 1.56. The molecule has 6 heteroatoms. The molecule has 0 radical (unpaired) electrons. The molecule has 0 N–H and O–H groups in total. The Morgan fingerprint density at radius 1 is 1.18 bits per heavy atom. The van der Waals surface area contributed by atoms with Crippen molar-refractivity contribution in [1.29, 1.82) is 0 Å². The molecule has 1 unspecified atom stereocenters. The fourth-order valence-electron chi connectivity index (χ4n) is 3.96. The van der Waals surface area contributed by atoms with Gasteiger partial charge in [-0.2, -0.15) is 14.6 Å². The smallest absolute Gasteiger partial charge is 0.254 e. The molecule has 4 rings (SSSR count). The van der Waals surface area contributed by atoms with E-state index < -0.39 is 0 Å². The van der Waals surface area contributed by atoms with E-state index >= 15 is 0 Å². The molecule has 4 heterocycles. The standard InChI is InChI=1S/C16H24N6/c1-12(2)13-8-14(22-15(19-13)17-11-18-22)21-7-5-16(10-21)4-6-20(3)9-16/h8,11-12H,4-7,9-10H2,1-3H3. The SMILES string of the molecule is CC(C)c1cc(N2CCC3(CCN(C)C3)C2)n2ncnc2n1. The highest BCUT2D eigenvalue weighted by Crippen LogP contribution is 2.40. The molecule has 0 aliphatic carbocycles. The Bertz CT molecular complexity index is 693. The van der Waals surface area contributed by atoms with E-state index in [1.54, 1.807) is 6.33 Å². The summed E-state index contributed by atoms with van der Waals surface area (Å²) < 4.78 is 1.89. The first kappa shape index (κ1) is 13.9. The highest BCUT2D eigenvalue weighted by Gasteiger charge is 2.43. The lowest BCUT2D eigenvalue weighted by atomic mass is 9.86. The number of rotatable bonds is 2. The maximum Gasteiger partial charge on any atom is 0.254 e. The number of likely N-dealkylation sites (tertiary alicyclic amines) is 1. The molecule has 2 fully saturated rings. The minimum atomic E-state index is 0.398. The second-order valence-electron chi connectivity index (χ2n) is 7.33. The van der Waals surface area contributed by atoms with Crippen molar-refractivity contribution >= 4 is 11.6 Å². The molecule has 2 aromatic rings. The van der Waals surface area contributed by atoms with Crippen molar-refractivity contribution in [2.24, 2.45) is 5.41 Å². The average molecular weight is 300 g/mol. The Kier molecular flexibility index (Phi) is 3.11. The van der Waals surface area contributed by atoms with Gasteiger partial charge in [-0.3, -0.25) is 0 Å². The fourth-order valence-corrected chi connectivity index (χ4v) is 3.96. The topological polar surface area (TPSA) is 49.6 Å². The van der Waals surface area contributed by atoms with Crippen molar-refractivity contribution in [3.05, 3.63) is 18.1 Å². The van der Waals surface area contributed by atoms with Gasteiger partial charge in [-0.25, -0.2) is 4.98 Å². The quantitative estimate of drug-likeness (QED) is 0.846. The van der Waals surface area contributed by atoms with Crippen molar-refractivity contribution in [2.75, 3.05) is 38.1 Å². The third-order valence-electron chi connectivity index (χ3n) is 5.24. The summed E-state index contributed by atoms with van der Waals surface area (Å²) in [4.78, 5) is 13.9. The van der Waals surface area contributed by atoms with Gasteiger partial charge in [-0.15, -0.1) is 0 Å². The van der Waals surface area contributed by atoms with Gasteiger partial charge in [0.1, 0.15) is 12.1 Å². The van der Waals surface area contributed by atoms with Crippen LogP contribution >= 0.6 is 0 Å². The van der Waals surface area contributed by atoms with Gasteiger partial charge in [0, 0.05) is 31.1 Å². The molecular weight excluding hydrogens is 276 g/mol. The van der Waals surface area contributed by atoms with E-state index in [-0.39, 0.29) is 0 Å². The molecule has 2 aliphatic rings. The monoisotopic (exact) mass is 300 g/mol. The number of fused-ring (bicyclic) bond motifs is 1. The van der Waals surface area contributed by atoms with Crippen LogP contribution in [0.4, 0.5) is 5.82 Å². The molecule has 1 atom stereocenters. The number of hydrogen-bond acceptors (Lipinski definition) is 5. The summed E-state index contributed by atoms with van der Waals surface area (Å²) >= 11 is 0. The first-order valence-electron chi connectivity index (χ1n) is 8.21. The Labute approximate surface area is 131 Å². The van der Waals surface area contributed by atoms with Crippen LogP contribution in [0.3, 0.4) is 0 Å². The predicted molar refractivity (Wildman–Crippen MR) is 86.2 cm³/mol. The van der Waals surface area contributed by atoms with Crippen LogP contribution in [-0.2, 0) is 0 Å². The molecule has 1 spiro atoms. The van der Waals surface area contributed by atoms with Crippen LogP contribution in [0.25, 0.3) is 5.78 Å². The molecule has 0 aromatic carbocycles. The van der Waals surface area contributed by atoms with Gasteiger partial charge in [-0.1, -0.05) is 13.8 Å². The lowest BCUT2D eigenvalue weighted by Crippen LogP contribution is -2.30. The van der Waals surface area contributed by atoms with Gasteiger partial charge < -0.3 is 9.80 Å². The molecule has 0 amide bonds. The van der Waals surface area contributed by atoms with E-state index in [4.69, 9.17) is 0 Å². The van der Waals surface area contributed by atoms with Crippen LogP contribution in [0, 0.1) is 5.41 Å². The molecular formula is C16H24N6.